The zero-order valence-corrected chi connectivity index (χ0v) is 12.9. The van der Waals surface area contributed by atoms with Gasteiger partial charge in [0.15, 0.2) is 0 Å². The number of thiophene rings is 1. The Morgan fingerprint density at radius 1 is 1.12 bits per heavy atom. The molecule has 1 aromatic heterocycles. The van der Waals surface area contributed by atoms with Crippen molar-refractivity contribution in [3.05, 3.63) is 56.2 Å². The van der Waals surface area contributed by atoms with Crippen LogP contribution in [0.4, 0.5) is 0 Å². The van der Waals surface area contributed by atoms with E-state index in [-0.39, 0.29) is 0 Å². The lowest BCUT2D eigenvalue weighted by molar-refractivity contribution is 1.12. The summed E-state index contributed by atoms with van der Waals surface area (Å²) in [5, 5.41) is 0. The monoisotopic (exact) mass is 358 g/mol. The number of benzene rings is 1. The smallest absolute Gasteiger partial charge is 0.0738 e. The summed E-state index contributed by atoms with van der Waals surface area (Å²) in [6.45, 7) is 2.18. The molecule has 0 fully saturated rings. The molecule has 16 heavy (non-hydrogen) atoms. The number of aryl methyl sites for hydroxylation is 1. The van der Waals surface area contributed by atoms with Crippen molar-refractivity contribution in [3.8, 4) is 0 Å². The molecule has 1 heterocycles. The zero-order valence-electron chi connectivity index (χ0n) is 8.91. The zero-order chi connectivity index (χ0) is 11.5. The molecule has 0 spiro atoms. The summed E-state index contributed by atoms with van der Waals surface area (Å²) in [7, 11) is 0. The van der Waals surface area contributed by atoms with Crippen LogP contribution in [0.2, 0.25) is 0 Å². The van der Waals surface area contributed by atoms with Gasteiger partial charge in [0.1, 0.15) is 0 Å². The minimum Gasteiger partial charge on any atom is -0.132 e. The Bertz CT molecular complexity index is 459. The lowest BCUT2D eigenvalue weighted by Crippen LogP contribution is -1.90. The molecule has 1 unspecified atom stereocenters. The van der Waals surface area contributed by atoms with Crippen LogP contribution in [0.3, 0.4) is 0 Å². The fourth-order valence-corrected chi connectivity index (χ4v) is 3.72. The number of halogens is 2. The van der Waals surface area contributed by atoms with Crippen molar-refractivity contribution in [2.75, 3.05) is 0 Å². The average molecular weight is 360 g/mol. The molecule has 3 heteroatoms. The summed E-state index contributed by atoms with van der Waals surface area (Å²) >= 11 is 9.01. The van der Waals surface area contributed by atoms with Gasteiger partial charge in [-0.25, -0.2) is 0 Å². The van der Waals surface area contributed by atoms with Crippen LogP contribution in [-0.2, 0) is 6.42 Å². The minimum absolute atomic E-state index is 0.301. The molecule has 2 aromatic rings. The van der Waals surface area contributed by atoms with Crippen molar-refractivity contribution < 1.29 is 0 Å². The Balaban J connectivity index is 2.23. The SMILES string of the molecule is CCc1ccc(C(Br)c2ccc(Br)s2)cc1. The number of alkyl halides is 1. The summed E-state index contributed by atoms with van der Waals surface area (Å²) in [5.74, 6) is 0. The molecule has 0 N–H and O–H groups in total. The topological polar surface area (TPSA) is 0 Å². The van der Waals surface area contributed by atoms with Crippen LogP contribution < -0.4 is 0 Å². The summed E-state index contributed by atoms with van der Waals surface area (Å²) < 4.78 is 1.18. The molecule has 0 aliphatic heterocycles. The van der Waals surface area contributed by atoms with Gasteiger partial charge in [0.2, 0.25) is 0 Å². The Kier molecular flexibility index (Phi) is 4.22. The van der Waals surface area contributed by atoms with Crippen molar-refractivity contribution in [2.24, 2.45) is 0 Å². The van der Waals surface area contributed by atoms with Gasteiger partial charge in [-0.2, -0.15) is 0 Å². The molecule has 1 aromatic carbocycles. The molecule has 0 radical (unpaired) electrons. The van der Waals surface area contributed by atoms with E-state index < -0.39 is 0 Å². The van der Waals surface area contributed by atoms with Crippen LogP contribution >= 0.6 is 43.2 Å². The van der Waals surface area contributed by atoms with Crippen LogP contribution in [0.15, 0.2) is 40.2 Å². The van der Waals surface area contributed by atoms with E-state index in [0.29, 0.717) is 4.83 Å². The van der Waals surface area contributed by atoms with Crippen LogP contribution in [0.25, 0.3) is 0 Å². The quantitative estimate of drug-likeness (QED) is 0.629. The molecule has 0 bridgehead atoms. The standard InChI is InChI=1S/C13H12Br2S/c1-2-9-3-5-10(6-4-9)13(15)11-7-8-12(14)16-11/h3-8,13H,2H2,1H3. The number of rotatable bonds is 3. The maximum atomic E-state index is 3.74. The molecule has 0 aliphatic rings. The molecular formula is C13H12Br2S. The largest absolute Gasteiger partial charge is 0.132 e. The summed E-state index contributed by atoms with van der Waals surface area (Å²) in [4.78, 5) is 1.63. The van der Waals surface area contributed by atoms with Gasteiger partial charge < -0.3 is 0 Å². The van der Waals surface area contributed by atoms with Crippen molar-refractivity contribution in [3.63, 3.8) is 0 Å². The Morgan fingerprint density at radius 2 is 1.81 bits per heavy atom. The van der Waals surface area contributed by atoms with Crippen LogP contribution in [-0.4, -0.2) is 0 Å². The van der Waals surface area contributed by atoms with Crippen molar-refractivity contribution in [2.45, 2.75) is 18.2 Å². The van der Waals surface area contributed by atoms with Gasteiger partial charge in [-0.15, -0.1) is 11.3 Å². The van der Waals surface area contributed by atoms with Crippen LogP contribution in [0.5, 0.6) is 0 Å². The first kappa shape index (κ1) is 12.3. The van der Waals surface area contributed by atoms with Crippen LogP contribution in [0.1, 0.15) is 27.8 Å². The lowest BCUT2D eigenvalue weighted by atomic mass is 10.1. The van der Waals surface area contributed by atoms with Crippen molar-refractivity contribution >= 4 is 43.2 Å². The molecule has 0 aliphatic carbocycles. The molecule has 1 atom stereocenters. The first-order valence-corrected chi connectivity index (χ1v) is 7.71. The van der Waals surface area contributed by atoms with Crippen LogP contribution in [0, 0.1) is 0 Å². The van der Waals surface area contributed by atoms with Gasteiger partial charge in [-0.3, -0.25) is 0 Å². The fourth-order valence-electron chi connectivity index (χ4n) is 1.55. The van der Waals surface area contributed by atoms with Gasteiger partial charge in [-0.1, -0.05) is 47.1 Å². The molecular weight excluding hydrogens is 348 g/mol. The average Bonchev–Trinajstić information content (AvgIpc) is 2.75. The van der Waals surface area contributed by atoms with Crippen molar-refractivity contribution in [1.29, 1.82) is 0 Å². The minimum atomic E-state index is 0.301. The lowest BCUT2D eigenvalue weighted by Gasteiger charge is -2.08. The second kappa shape index (κ2) is 5.48. The van der Waals surface area contributed by atoms with Gasteiger partial charge in [0.05, 0.1) is 8.61 Å². The summed E-state index contributed by atoms with van der Waals surface area (Å²) in [6, 6.07) is 13.0. The predicted molar refractivity (Wildman–Crippen MR) is 78.6 cm³/mol. The molecule has 84 valence electrons. The van der Waals surface area contributed by atoms with E-state index in [1.165, 1.54) is 19.8 Å². The maximum Gasteiger partial charge on any atom is 0.0738 e. The molecule has 0 amide bonds. The first-order valence-electron chi connectivity index (χ1n) is 5.19. The van der Waals surface area contributed by atoms with E-state index in [0.717, 1.165) is 6.42 Å². The number of hydrogen-bond acceptors (Lipinski definition) is 1. The highest BCUT2D eigenvalue weighted by atomic mass is 79.9. The van der Waals surface area contributed by atoms with Crippen molar-refractivity contribution in [1.82, 2.24) is 0 Å². The predicted octanol–water partition coefficient (Wildman–Crippen LogP) is 5.56. The third kappa shape index (κ3) is 2.76. The normalized spacial score (nSPS) is 12.7. The van der Waals surface area contributed by atoms with Gasteiger partial charge >= 0.3 is 0 Å². The Hall–Kier alpha value is -0.120. The Morgan fingerprint density at radius 3 is 2.31 bits per heavy atom. The van der Waals surface area contributed by atoms with Gasteiger partial charge in [-0.05, 0) is 45.6 Å². The second-order valence-electron chi connectivity index (χ2n) is 3.60. The highest BCUT2D eigenvalue weighted by Crippen LogP contribution is 2.36. The fraction of sp³-hybridized carbons (Fsp3) is 0.231. The summed E-state index contributed by atoms with van der Waals surface area (Å²) in [5.41, 5.74) is 2.70. The van der Waals surface area contributed by atoms with E-state index in [1.807, 2.05) is 0 Å². The van der Waals surface area contributed by atoms with E-state index in [1.54, 1.807) is 11.3 Å². The molecule has 2 rings (SSSR count). The molecule has 0 saturated heterocycles. The summed E-state index contributed by atoms with van der Waals surface area (Å²) in [6.07, 6.45) is 1.10. The first-order chi connectivity index (χ1) is 7.70. The maximum absolute atomic E-state index is 3.74. The molecule has 0 saturated carbocycles. The Labute approximate surface area is 117 Å². The van der Waals surface area contributed by atoms with E-state index >= 15 is 0 Å². The van der Waals surface area contributed by atoms with E-state index in [2.05, 4.69) is 75.2 Å². The molecule has 0 nitrogen and oxygen atoms in total. The highest BCUT2D eigenvalue weighted by Gasteiger charge is 2.12. The highest BCUT2D eigenvalue weighted by molar-refractivity contribution is 9.11. The second-order valence-corrected chi connectivity index (χ2v) is 7.01. The third-order valence-electron chi connectivity index (χ3n) is 2.52. The van der Waals surface area contributed by atoms with Gasteiger partial charge in [0.25, 0.3) is 0 Å². The van der Waals surface area contributed by atoms with Gasteiger partial charge in [0, 0.05) is 4.88 Å². The van der Waals surface area contributed by atoms with E-state index in [4.69, 9.17) is 0 Å². The van der Waals surface area contributed by atoms with E-state index in [9.17, 15) is 0 Å². The third-order valence-corrected chi connectivity index (χ3v) is 5.54. The number of hydrogen-bond donors (Lipinski definition) is 0.